The molecule has 0 atom stereocenters. The predicted molar refractivity (Wildman–Crippen MR) is 34.9 cm³/mol. The molecule has 0 bridgehead atoms. The Morgan fingerprint density at radius 2 is 1.30 bits per heavy atom. The number of carboxylic acid groups (broad SMARTS) is 2. The number of carbonyl (C=O) groups is 2. The Morgan fingerprint density at radius 3 is 1.50 bits per heavy atom. The fourth-order valence-corrected chi connectivity index (χ4v) is 0.391. The van der Waals surface area contributed by atoms with Gasteiger partial charge in [0.15, 0.2) is 0 Å². The molecule has 10 heavy (non-hydrogen) atoms. The maximum absolute atomic E-state index is 9.79. The van der Waals surface area contributed by atoms with Gasteiger partial charge in [-0.05, 0) is 6.42 Å². The van der Waals surface area contributed by atoms with Crippen LogP contribution >= 0.6 is 0 Å². The van der Waals surface area contributed by atoms with Crippen LogP contribution in [0.1, 0.15) is 19.3 Å². The van der Waals surface area contributed by atoms with Gasteiger partial charge in [-0.2, -0.15) is 0 Å². The van der Waals surface area contributed by atoms with E-state index in [1.54, 1.807) is 0 Å². The summed E-state index contributed by atoms with van der Waals surface area (Å²) in [4.78, 5) is 19.6. The maximum atomic E-state index is 9.79. The van der Waals surface area contributed by atoms with Crippen LogP contribution in [0.5, 0.6) is 0 Å². The monoisotopic (exact) mass is 220 g/mol. The number of aliphatic carboxylic acids is 2. The van der Waals surface area contributed by atoms with Gasteiger partial charge in [-0.15, -0.1) is 0 Å². The van der Waals surface area contributed by atoms with Gasteiger partial charge in [-0.1, -0.05) is 0 Å². The molecule has 0 saturated carbocycles. The van der Waals surface area contributed by atoms with Crippen molar-refractivity contribution in [2.45, 2.75) is 19.3 Å². The second-order valence-electron chi connectivity index (χ2n) is 1.64. The normalized spacial score (nSPS) is 8.00. The number of carboxylic acids is 2. The Bertz CT molecular complexity index is 109. The van der Waals surface area contributed by atoms with Crippen molar-refractivity contribution in [2.24, 2.45) is 0 Å². The predicted octanol–water partition coefficient (Wildman–Crippen LogP) is -0.0549. The first kappa shape index (κ1) is 13.0. The van der Waals surface area contributed by atoms with Gasteiger partial charge >= 0.3 is 11.9 Å². The molecule has 0 spiro atoms. The molecule has 54 valence electrons. The molecule has 4 nitrogen and oxygen atoms in total. The van der Waals surface area contributed by atoms with Crippen LogP contribution in [-0.2, 0) is 9.59 Å². The van der Waals surface area contributed by atoms with E-state index in [-0.39, 0.29) is 64.7 Å². The largest absolute Gasteiger partial charge is 0.481 e. The van der Waals surface area contributed by atoms with Crippen molar-refractivity contribution in [3.05, 3.63) is 0 Å². The van der Waals surface area contributed by atoms with Crippen molar-refractivity contribution in [3.63, 3.8) is 0 Å². The zero-order valence-electron chi connectivity index (χ0n) is 5.54. The molecule has 2 radical (unpaired) electrons. The van der Waals surface area contributed by atoms with Crippen LogP contribution in [0.25, 0.3) is 0 Å². The minimum absolute atomic E-state index is 0. The molecule has 0 saturated heterocycles. The third-order valence-electron chi connectivity index (χ3n) is 0.781. The van der Waals surface area contributed by atoms with Crippen LogP contribution < -0.4 is 0 Å². The summed E-state index contributed by atoms with van der Waals surface area (Å²) in [7, 11) is 0. The minimum Gasteiger partial charge on any atom is -0.481 e. The van der Waals surface area contributed by atoms with E-state index < -0.39 is 11.9 Å². The molecule has 2 N–H and O–H groups in total. The first-order valence-corrected chi connectivity index (χ1v) is 2.56. The van der Waals surface area contributed by atoms with Crippen LogP contribution in [0.2, 0.25) is 0 Å². The summed E-state index contributed by atoms with van der Waals surface area (Å²) >= 11 is 0. The van der Waals surface area contributed by atoms with E-state index in [2.05, 4.69) is 0 Å². The molecular weight excluding hydrogens is 212 g/mol. The average Bonchev–Trinajstić information content (AvgIpc) is 1.63. The van der Waals surface area contributed by atoms with E-state index in [1.165, 1.54) is 0 Å². The third-order valence-corrected chi connectivity index (χ3v) is 0.781. The number of hydrogen-bond donors (Lipinski definition) is 2. The maximum Gasteiger partial charge on any atom is 0.303 e. The summed E-state index contributed by atoms with van der Waals surface area (Å²) in [6, 6.07) is 0. The van der Waals surface area contributed by atoms with Crippen molar-refractivity contribution in [3.8, 4) is 0 Å². The summed E-state index contributed by atoms with van der Waals surface area (Å²) in [6.07, 6.45) is 0.0866. The van der Waals surface area contributed by atoms with Crippen LogP contribution in [0.4, 0.5) is 0 Å². The molecule has 0 aromatic rings. The van der Waals surface area contributed by atoms with Crippen LogP contribution in [0.3, 0.4) is 0 Å². The molecule has 0 aliphatic rings. The smallest absolute Gasteiger partial charge is 0.303 e. The third kappa shape index (κ3) is 11.2. The molecule has 0 rings (SSSR count). The molecule has 0 heterocycles. The zero-order valence-corrected chi connectivity index (χ0v) is 9.02. The molecule has 0 aliphatic heterocycles. The van der Waals surface area contributed by atoms with E-state index in [0.717, 1.165) is 0 Å². The van der Waals surface area contributed by atoms with Crippen molar-refractivity contribution < 1.29 is 19.8 Å². The van der Waals surface area contributed by atoms with Gasteiger partial charge in [0.05, 0.1) is 0 Å². The van der Waals surface area contributed by atoms with Gasteiger partial charge in [-0.3, -0.25) is 9.59 Å². The number of rotatable bonds is 4. The van der Waals surface area contributed by atoms with Gasteiger partial charge in [-0.25, -0.2) is 0 Å². The molecule has 0 amide bonds. The second-order valence-corrected chi connectivity index (χ2v) is 1.64. The Morgan fingerprint density at radius 1 is 1.00 bits per heavy atom. The summed E-state index contributed by atoms with van der Waals surface area (Å²) in [5, 5.41) is 16.1. The topological polar surface area (TPSA) is 74.6 Å². The quantitative estimate of drug-likeness (QED) is 0.650. The minimum atomic E-state index is -0.948. The molecular formula is C5H8O4Sr. The first-order chi connectivity index (χ1) is 4.13. The van der Waals surface area contributed by atoms with E-state index >= 15 is 0 Å². The fourth-order valence-electron chi connectivity index (χ4n) is 0.391. The Balaban J connectivity index is 0. The van der Waals surface area contributed by atoms with Crippen molar-refractivity contribution in [2.75, 3.05) is 0 Å². The molecule has 0 aliphatic carbocycles. The van der Waals surface area contributed by atoms with E-state index in [1.807, 2.05) is 0 Å². The molecule has 0 fully saturated rings. The number of hydrogen-bond acceptors (Lipinski definition) is 2. The van der Waals surface area contributed by atoms with Gasteiger partial charge < -0.3 is 10.2 Å². The van der Waals surface area contributed by atoms with Crippen molar-refractivity contribution >= 4 is 57.4 Å². The van der Waals surface area contributed by atoms with E-state index in [9.17, 15) is 9.59 Å². The van der Waals surface area contributed by atoms with E-state index in [0.29, 0.717) is 0 Å². The molecule has 5 heteroatoms. The van der Waals surface area contributed by atoms with Crippen molar-refractivity contribution in [1.29, 1.82) is 0 Å². The van der Waals surface area contributed by atoms with Gasteiger partial charge in [0.25, 0.3) is 0 Å². The Hall–Kier alpha value is 0.421. The van der Waals surface area contributed by atoms with Crippen LogP contribution in [-0.4, -0.2) is 67.6 Å². The fraction of sp³-hybridized carbons (Fsp3) is 0.600. The van der Waals surface area contributed by atoms with Crippen LogP contribution in [0, 0.1) is 0 Å². The standard InChI is InChI=1S/C5H8O4.Sr/c6-4(7)2-1-3-5(8)9;/h1-3H2,(H,6,7)(H,8,9);. The SMILES string of the molecule is O=C(O)CCCC(=O)O.[Sr]. The molecule has 0 unspecified atom stereocenters. The second kappa shape index (κ2) is 7.53. The zero-order chi connectivity index (χ0) is 7.28. The van der Waals surface area contributed by atoms with Gasteiger partial charge in [0.1, 0.15) is 0 Å². The van der Waals surface area contributed by atoms with Crippen molar-refractivity contribution in [1.82, 2.24) is 0 Å². The summed E-state index contributed by atoms with van der Waals surface area (Å²) in [6.45, 7) is 0. The first-order valence-electron chi connectivity index (χ1n) is 2.56. The Kier molecular flexibility index (Phi) is 9.82. The van der Waals surface area contributed by atoms with Crippen LogP contribution in [0.15, 0.2) is 0 Å². The molecule has 0 aromatic heterocycles. The van der Waals surface area contributed by atoms with Gasteiger partial charge in [0, 0.05) is 58.3 Å². The van der Waals surface area contributed by atoms with E-state index in [4.69, 9.17) is 10.2 Å². The molecule has 0 aromatic carbocycles. The summed E-state index contributed by atoms with van der Waals surface area (Å²) in [5.74, 6) is -1.90. The summed E-state index contributed by atoms with van der Waals surface area (Å²) < 4.78 is 0. The summed E-state index contributed by atoms with van der Waals surface area (Å²) in [5.41, 5.74) is 0. The van der Waals surface area contributed by atoms with Gasteiger partial charge in [0.2, 0.25) is 0 Å². The average molecular weight is 220 g/mol. The Labute approximate surface area is 95.5 Å².